The van der Waals surface area contributed by atoms with E-state index in [1.165, 1.54) is 0 Å². The van der Waals surface area contributed by atoms with Gasteiger partial charge < -0.3 is 10.1 Å². The fourth-order valence-electron chi connectivity index (χ4n) is 3.18. The third kappa shape index (κ3) is 5.79. The van der Waals surface area contributed by atoms with Gasteiger partial charge in [-0.3, -0.25) is 4.79 Å². The van der Waals surface area contributed by atoms with Crippen molar-refractivity contribution in [3.8, 4) is 11.1 Å². The topological polar surface area (TPSA) is 55.4 Å². The minimum atomic E-state index is -0.508. The Hall–Kier alpha value is -3.40. The molecule has 0 bridgehead atoms. The van der Waals surface area contributed by atoms with Crippen molar-refractivity contribution >= 4 is 11.9 Å². The maximum absolute atomic E-state index is 12.3. The molecule has 29 heavy (non-hydrogen) atoms. The van der Waals surface area contributed by atoms with E-state index in [0.29, 0.717) is 5.56 Å². The first-order valence-electron chi connectivity index (χ1n) is 9.84. The lowest BCUT2D eigenvalue weighted by Crippen LogP contribution is -2.32. The number of amides is 1. The number of esters is 1. The summed E-state index contributed by atoms with van der Waals surface area (Å²) in [6.07, 6.45) is 1.76. The average Bonchev–Trinajstić information content (AvgIpc) is 2.78. The first kappa shape index (κ1) is 20.3. The summed E-state index contributed by atoms with van der Waals surface area (Å²) >= 11 is 0. The molecule has 1 atom stereocenters. The average molecular weight is 387 g/mol. The van der Waals surface area contributed by atoms with Gasteiger partial charge in [0.05, 0.1) is 11.6 Å². The zero-order valence-corrected chi connectivity index (χ0v) is 16.5. The molecule has 0 saturated carbocycles. The third-order valence-corrected chi connectivity index (χ3v) is 4.68. The Kier molecular flexibility index (Phi) is 7.17. The van der Waals surface area contributed by atoms with Crippen molar-refractivity contribution in [1.29, 1.82) is 0 Å². The van der Waals surface area contributed by atoms with Crippen molar-refractivity contribution in [2.75, 3.05) is 6.61 Å². The van der Waals surface area contributed by atoms with Crippen LogP contribution in [0.1, 0.15) is 41.7 Å². The van der Waals surface area contributed by atoms with Crippen LogP contribution in [0.5, 0.6) is 0 Å². The molecule has 148 valence electrons. The predicted octanol–water partition coefficient (Wildman–Crippen LogP) is 5.17. The zero-order chi connectivity index (χ0) is 20.5. The predicted molar refractivity (Wildman–Crippen MR) is 114 cm³/mol. The summed E-state index contributed by atoms with van der Waals surface area (Å²) in [6.45, 7) is 1.77. The van der Waals surface area contributed by atoms with Gasteiger partial charge in [0.25, 0.3) is 5.91 Å². The fourth-order valence-corrected chi connectivity index (χ4v) is 3.18. The smallest absolute Gasteiger partial charge is 0.338 e. The monoisotopic (exact) mass is 387 g/mol. The molecule has 3 aromatic rings. The van der Waals surface area contributed by atoms with Gasteiger partial charge in [-0.15, -0.1) is 0 Å². The summed E-state index contributed by atoms with van der Waals surface area (Å²) < 4.78 is 5.20. The maximum Gasteiger partial charge on any atom is 0.338 e. The SMILES string of the molecule is CCC[C@@H](NC(=O)COC(=O)c1ccc(-c2ccccc2)cc1)c1ccccc1. The quantitative estimate of drug-likeness (QED) is 0.543. The van der Waals surface area contributed by atoms with Crippen molar-refractivity contribution in [2.24, 2.45) is 0 Å². The Morgan fingerprint density at radius 2 is 1.41 bits per heavy atom. The number of rotatable bonds is 8. The molecule has 1 N–H and O–H groups in total. The van der Waals surface area contributed by atoms with Crippen LogP contribution >= 0.6 is 0 Å². The second-order valence-corrected chi connectivity index (χ2v) is 6.84. The van der Waals surface area contributed by atoms with Gasteiger partial charge in [-0.2, -0.15) is 0 Å². The van der Waals surface area contributed by atoms with Crippen LogP contribution in [-0.2, 0) is 9.53 Å². The highest BCUT2D eigenvalue weighted by Gasteiger charge is 2.15. The number of ether oxygens (including phenoxy) is 1. The third-order valence-electron chi connectivity index (χ3n) is 4.68. The molecule has 0 aliphatic carbocycles. The summed E-state index contributed by atoms with van der Waals surface area (Å²) in [6, 6.07) is 26.8. The first-order chi connectivity index (χ1) is 14.2. The number of hydrogen-bond donors (Lipinski definition) is 1. The van der Waals surface area contributed by atoms with Gasteiger partial charge in [0.1, 0.15) is 0 Å². The molecule has 1 amide bonds. The van der Waals surface area contributed by atoms with E-state index < -0.39 is 5.97 Å². The highest BCUT2D eigenvalue weighted by Crippen LogP contribution is 2.20. The van der Waals surface area contributed by atoms with Crippen molar-refractivity contribution in [2.45, 2.75) is 25.8 Å². The summed E-state index contributed by atoms with van der Waals surface area (Å²) in [4.78, 5) is 24.6. The van der Waals surface area contributed by atoms with E-state index in [4.69, 9.17) is 4.74 Å². The molecule has 0 aromatic heterocycles. The Balaban J connectivity index is 1.55. The molecule has 0 spiro atoms. The minimum Gasteiger partial charge on any atom is -0.452 e. The van der Waals surface area contributed by atoms with Crippen molar-refractivity contribution < 1.29 is 14.3 Å². The van der Waals surface area contributed by atoms with Gasteiger partial charge in [0.15, 0.2) is 6.61 Å². The molecule has 4 nitrogen and oxygen atoms in total. The van der Waals surface area contributed by atoms with Gasteiger partial charge in [-0.05, 0) is 35.2 Å². The molecular weight excluding hydrogens is 362 g/mol. The van der Waals surface area contributed by atoms with E-state index in [1.54, 1.807) is 12.1 Å². The molecule has 0 aliphatic heterocycles. The summed E-state index contributed by atoms with van der Waals surface area (Å²) in [5, 5.41) is 2.96. The van der Waals surface area contributed by atoms with Gasteiger partial charge in [0.2, 0.25) is 0 Å². The molecule has 0 aliphatic rings. The number of nitrogens with one attached hydrogen (secondary N) is 1. The molecule has 0 heterocycles. The van der Waals surface area contributed by atoms with Crippen LogP contribution in [0.15, 0.2) is 84.9 Å². The Morgan fingerprint density at radius 3 is 2.03 bits per heavy atom. The van der Waals surface area contributed by atoms with Gasteiger partial charge in [0, 0.05) is 0 Å². The van der Waals surface area contributed by atoms with Crippen molar-refractivity contribution in [3.63, 3.8) is 0 Å². The second-order valence-electron chi connectivity index (χ2n) is 6.84. The lowest BCUT2D eigenvalue weighted by Gasteiger charge is -2.18. The van der Waals surface area contributed by atoms with Gasteiger partial charge >= 0.3 is 5.97 Å². The van der Waals surface area contributed by atoms with Crippen LogP contribution < -0.4 is 5.32 Å². The van der Waals surface area contributed by atoms with E-state index in [2.05, 4.69) is 12.2 Å². The largest absolute Gasteiger partial charge is 0.452 e. The zero-order valence-electron chi connectivity index (χ0n) is 16.5. The Bertz CT molecular complexity index is 921. The highest BCUT2D eigenvalue weighted by molar-refractivity contribution is 5.91. The number of benzene rings is 3. The van der Waals surface area contributed by atoms with Crippen molar-refractivity contribution in [3.05, 3.63) is 96.1 Å². The van der Waals surface area contributed by atoms with Crippen LogP contribution in [0.25, 0.3) is 11.1 Å². The van der Waals surface area contributed by atoms with Crippen LogP contribution in [0.2, 0.25) is 0 Å². The van der Waals surface area contributed by atoms with Crippen LogP contribution in [-0.4, -0.2) is 18.5 Å². The van der Waals surface area contributed by atoms with Crippen LogP contribution in [0.3, 0.4) is 0 Å². The number of carbonyl (C=O) groups is 2. The standard InChI is InChI=1S/C25H25NO3/c1-2-9-23(21-12-7-4-8-13-21)26-24(27)18-29-25(28)22-16-14-20(15-17-22)19-10-5-3-6-11-19/h3-8,10-17,23H,2,9,18H2,1H3,(H,26,27)/t23-/m1/s1. The molecule has 3 rings (SSSR count). The van der Waals surface area contributed by atoms with E-state index in [1.807, 2.05) is 72.8 Å². The number of hydrogen-bond acceptors (Lipinski definition) is 3. The normalized spacial score (nSPS) is 11.5. The molecular formula is C25H25NO3. The molecule has 4 heteroatoms. The van der Waals surface area contributed by atoms with Crippen LogP contribution in [0, 0.1) is 0 Å². The Labute approximate surface area is 171 Å². The van der Waals surface area contributed by atoms with E-state index in [9.17, 15) is 9.59 Å². The first-order valence-corrected chi connectivity index (χ1v) is 9.84. The van der Waals surface area contributed by atoms with E-state index >= 15 is 0 Å². The van der Waals surface area contributed by atoms with E-state index in [0.717, 1.165) is 29.5 Å². The van der Waals surface area contributed by atoms with Gasteiger partial charge in [-0.1, -0.05) is 86.1 Å². The second kappa shape index (κ2) is 10.2. The molecule has 0 fully saturated rings. The van der Waals surface area contributed by atoms with Crippen molar-refractivity contribution in [1.82, 2.24) is 5.32 Å². The summed E-state index contributed by atoms with van der Waals surface area (Å²) in [5.41, 5.74) is 3.57. The fraction of sp³-hybridized carbons (Fsp3) is 0.200. The molecule has 3 aromatic carbocycles. The minimum absolute atomic E-state index is 0.0856. The van der Waals surface area contributed by atoms with Crippen LogP contribution in [0.4, 0.5) is 0 Å². The maximum atomic E-state index is 12.3. The molecule has 0 unspecified atom stereocenters. The lowest BCUT2D eigenvalue weighted by molar-refractivity contribution is -0.125. The molecule has 0 saturated heterocycles. The highest BCUT2D eigenvalue weighted by atomic mass is 16.5. The van der Waals surface area contributed by atoms with Gasteiger partial charge in [-0.25, -0.2) is 4.79 Å². The summed E-state index contributed by atoms with van der Waals surface area (Å²) in [5.74, 6) is -0.812. The number of carbonyl (C=O) groups excluding carboxylic acids is 2. The van der Waals surface area contributed by atoms with E-state index in [-0.39, 0.29) is 18.6 Å². The molecule has 0 radical (unpaired) electrons. The lowest BCUT2D eigenvalue weighted by atomic mass is 10.0. The Morgan fingerprint density at radius 1 is 0.828 bits per heavy atom. The summed E-state index contributed by atoms with van der Waals surface area (Å²) in [7, 11) is 0.